The van der Waals surface area contributed by atoms with Crippen molar-refractivity contribution in [3.05, 3.63) is 29.8 Å². The minimum Gasteiger partial charge on any atom is -0.382 e. The van der Waals surface area contributed by atoms with Gasteiger partial charge in [0, 0.05) is 18.3 Å². The summed E-state index contributed by atoms with van der Waals surface area (Å²) in [6.07, 6.45) is 5.10. The molecular formula is C18H30N2. The molecule has 1 aromatic carbocycles. The van der Waals surface area contributed by atoms with Gasteiger partial charge in [0.1, 0.15) is 0 Å². The summed E-state index contributed by atoms with van der Waals surface area (Å²) in [6.45, 7) is 10.6. The van der Waals surface area contributed by atoms with E-state index in [4.69, 9.17) is 0 Å². The first-order valence-electron chi connectivity index (χ1n) is 8.30. The van der Waals surface area contributed by atoms with E-state index in [0.29, 0.717) is 6.04 Å². The van der Waals surface area contributed by atoms with Crippen LogP contribution in [0.5, 0.6) is 0 Å². The highest BCUT2D eigenvalue weighted by Crippen LogP contribution is 2.22. The fourth-order valence-corrected chi connectivity index (χ4v) is 3.24. The van der Waals surface area contributed by atoms with E-state index < -0.39 is 0 Å². The Morgan fingerprint density at radius 1 is 1.25 bits per heavy atom. The zero-order chi connectivity index (χ0) is 14.4. The number of piperidine rings is 1. The number of aryl methyl sites for hydroxylation is 1. The molecule has 2 rings (SSSR count). The molecule has 1 fully saturated rings. The van der Waals surface area contributed by atoms with Gasteiger partial charge in [-0.2, -0.15) is 0 Å². The molecule has 1 aliphatic heterocycles. The molecule has 2 unspecified atom stereocenters. The second kappa shape index (κ2) is 7.68. The summed E-state index contributed by atoms with van der Waals surface area (Å²) in [7, 11) is 0. The van der Waals surface area contributed by atoms with E-state index in [1.165, 1.54) is 50.1 Å². The molecule has 0 aromatic heterocycles. The minimum atomic E-state index is 0.558. The van der Waals surface area contributed by atoms with E-state index in [1.54, 1.807) is 0 Å². The Hall–Kier alpha value is -1.02. The molecule has 112 valence electrons. The number of nitrogens with zero attached hydrogens (tertiary/aromatic N) is 1. The molecule has 0 bridgehead atoms. The minimum absolute atomic E-state index is 0.558. The predicted molar refractivity (Wildman–Crippen MR) is 88.4 cm³/mol. The summed E-state index contributed by atoms with van der Waals surface area (Å²) in [5.41, 5.74) is 2.68. The van der Waals surface area contributed by atoms with Gasteiger partial charge in [-0.05, 0) is 69.3 Å². The first-order valence-corrected chi connectivity index (χ1v) is 8.30. The third kappa shape index (κ3) is 4.24. The van der Waals surface area contributed by atoms with Crippen LogP contribution < -0.4 is 5.32 Å². The molecule has 1 aromatic rings. The molecule has 20 heavy (non-hydrogen) atoms. The van der Waals surface area contributed by atoms with Gasteiger partial charge in [-0.1, -0.05) is 26.0 Å². The molecule has 1 heterocycles. The summed E-state index contributed by atoms with van der Waals surface area (Å²) < 4.78 is 0. The van der Waals surface area contributed by atoms with Crippen molar-refractivity contribution in [1.82, 2.24) is 4.90 Å². The van der Waals surface area contributed by atoms with Crippen molar-refractivity contribution in [3.8, 4) is 0 Å². The second-order valence-electron chi connectivity index (χ2n) is 6.19. The van der Waals surface area contributed by atoms with Crippen LogP contribution >= 0.6 is 0 Å². The average Bonchev–Trinajstić information content (AvgIpc) is 2.48. The third-order valence-corrected chi connectivity index (χ3v) is 4.55. The lowest BCUT2D eigenvalue weighted by Crippen LogP contribution is -2.42. The van der Waals surface area contributed by atoms with Gasteiger partial charge in [0.05, 0.1) is 0 Å². The second-order valence-corrected chi connectivity index (χ2v) is 6.19. The van der Waals surface area contributed by atoms with Crippen LogP contribution in [-0.4, -0.2) is 30.6 Å². The molecule has 2 atom stereocenters. The highest BCUT2D eigenvalue weighted by atomic mass is 15.1. The Labute approximate surface area is 124 Å². The lowest BCUT2D eigenvalue weighted by molar-refractivity contribution is 0.165. The molecule has 0 radical (unpaired) electrons. The standard InChI is InChI=1S/C18H30N2/c1-4-12-20-13-6-7-17(14-20)15(3)19-18-10-8-16(5-2)9-11-18/h8-11,15,17,19H,4-7,12-14H2,1-3H3. The summed E-state index contributed by atoms with van der Waals surface area (Å²) in [5, 5.41) is 3.70. The fraction of sp³-hybridized carbons (Fsp3) is 0.667. The first kappa shape index (κ1) is 15.4. The summed E-state index contributed by atoms with van der Waals surface area (Å²) in [5.74, 6) is 0.779. The van der Waals surface area contributed by atoms with Crippen LogP contribution in [0.25, 0.3) is 0 Å². The van der Waals surface area contributed by atoms with E-state index in [2.05, 4.69) is 55.3 Å². The highest BCUT2D eigenvalue weighted by molar-refractivity contribution is 5.45. The lowest BCUT2D eigenvalue weighted by Gasteiger charge is -2.36. The molecule has 2 heteroatoms. The molecule has 0 saturated carbocycles. The van der Waals surface area contributed by atoms with E-state index in [-0.39, 0.29) is 0 Å². The lowest BCUT2D eigenvalue weighted by atomic mass is 9.91. The van der Waals surface area contributed by atoms with Crippen molar-refractivity contribution in [2.45, 2.75) is 52.5 Å². The van der Waals surface area contributed by atoms with Gasteiger partial charge in [-0.25, -0.2) is 0 Å². The van der Waals surface area contributed by atoms with Gasteiger partial charge in [0.2, 0.25) is 0 Å². The summed E-state index contributed by atoms with van der Waals surface area (Å²) in [6, 6.07) is 9.48. The van der Waals surface area contributed by atoms with Crippen molar-refractivity contribution in [1.29, 1.82) is 0 Å². The Morgan fingerprint density at radius 2 is 2.00 bits per heavy atom. The Morgan fingerprint density at radius 3 is 2.65 bits per heavy atom. The van der Waals surface area contributed by atoms with Crippen LogP contribution in [0.3, 0.4) is 0 Å². The van der Waals surface area contributed by atoms with Crippen LogP contribution in [0.1, 0.15) is 45.6 Å². The Balaban J connectivity index is 1.88. The number of hydrogen-bond acceptors (Lipinski definition) is 2. The van der Waals surface area contributed by atoms with Gasteiger partial charge in [0.15, 0.2) is 0 Å². The van der Waals surface area contributed by atoms with Gasteiger partial charge < -0.3 is 10.2 Å². The van der Waals surface area contributed by atoms with E-state index in [9.17, 15) is 0 Å². The summed E-state index contributed by atoms with van der Waals surface area (Å²) in [4.78, 5) is 2.63. The molecule has 1 saturated heterocycles. The summed E-state index contributed by atoms with van der Waals surface area (Å²) >= 11 is 0. The third-order valence-electron chi connectivity index (χ3n) is 4.55. The molecular weight excluding hydrogens is 244 g/mol. The normalized spacial score (nSPS) is 21.6. The monoisotopic (exact) mass is 274 g/mol. The number of anilines is 1. The molecule has 0 aliphatic carbocycles. The molecule has 2 nitrogen and oxygen atoms in total. The van der Waals surface area contributed by atoms with Crippen LogP contribution in [0.2, 0.25) is 0 Å². The SMILES string of the molecule is CCCN1CCCC(C(C)Nc2ccc(CC)cc2)C1. The molecule has 0 amide bonds. The van der Waals surface area contributed by atoms with E-state index >= 15 is 0 Å². The van der Waals surface area contributed by atoms with Crippen molar-refractivity contribution in [2.24, 2.45) is 5.92 Å². The van der Waals surface area contributed by atoms with Crippen LogP contribution in [-0.2, 0) is 6.42 Å². The van der Waals surface area contributed by atoms with Gasteiger partial charge in [0.25, 0.3) is 0 Å². The topological polar surface area (TPSA) is 15.3 Å². The maximum absolute atomic E-state index is 3.70. The number of hydrogen-bond donors (Lipinski definition) is 1. The molecule has 0 spiro atoms. The quantitative estimate of drug-likeness (QED) is 0.837. The largest absolute Gasteiger partial charge is 0.382 e. The van der Waals surface area contributed by atoms with Crippen molar-refractivity contribution < 1.29 is 0 Å². The molecule has 1 aliphatic rings. The van der Waals surface area contributed by atoms with Gasteiger partial charge in [-0.3, -0.25) is 0 Å². The van der Waals surface area contributed by atoms with Crippen LogP contribution in [0, 0.1) is 5.92 Å². The zero-order valence-corrected chi connectivity index (χ0v) is 13.4. The van der Waals surface area contributed by atoms with Gasteiger partial charge in [-0.15, -0.1) is 0 Å². The van der Waals surface area contributed by atoms with Crippen molar-refractivity contribution >= 4 is 5.69 Å². The maximum Gasteiger partial charge on any atom is 0.0342 e. The first-order chi connectivity index (χ1) is 9.72. The van der Waals surface area contributed by atoms with E-state index in [0.717, 1.165) is 12.3 Å². The number of likely N-dealkylation sites (tertiary alicyclic amines) is 1. The number of rotatable bonds is 6. The van der Waals surface area contributed by atoms with Gasteiger partial charge >= 0.3 is 0 Å². The van der Waals surface area contributed by atoms with Crippen LogP contribution in [0.15, 0.2) is 24.3 Å². The fourth-order valence-electron chi connectivity index (χ4n) is 3.24. The molecule has 1 N–H and O–H groups in total. The number of benzene rings is 1. The van der Waals surface area contributed by atoms with E-state index in [1.807, 2.05) is 0 Å². The Bertz CT molecular complexity index is 383. The Kier molecular flexibility index (Phi) is 5.90. The average molecular weight is 274 g/mol. The number of nitrogens with one attached hydrogen (secondary N) is 1. The zero-order valence-electron chi connectivity index (χ0n) is 13.4. The predicted octanol–water partition coefficient (Wildman–Crippen LogP) is 4.17. The highest BCUT2D eigenvalue weighted by Gasteiger charge is 2.23. The maximum atomic E-state index is 3.70. The van der Waals surface area contributed by atoms with Crippen LogP contribution in [0.4, 0.5) is 5.69 Å². The van der Waals surface area contributed by atoms with Crippen molar-refractivity contribution in [2.75, 3.05) is 25.0 Å². The van der Waals surface area contributed by atoms with Crippen molar-refractivity contribution in [3.63, 3.8) is 0 Å². The smallest absolute Gasteiger partial charge is 0.0342 e.